The third kappa shape index (κ3) is 5.57. The highest BCUT2D eigenvalue weighted by Crippen LogP contribution is 2.30. The summed E-state index contributed by atoms with van der Waals surface area (Å²) in [6, 6.07) is 19.7. The van der Waals surface area contributed by atoms with Gasteiger partial charge in [-0.25, -0.2) is 9.37 Å². The van der Waals surface area contributed by atoms with Crippen LogP contribution in [0.25, 0.3) is 10.9 Å². The Morgan fingerprint density at radius 1 is 0.943 bits per heavy atom. The number of hydrogen-bond donors (Lipinski definition) is 0. The lowest BCUT2D eigenvalue weighted by Gasteiger charge is -2.23. The molecule has 3 aromatic carbocycles. The van der Waals surface area contributed by atoms with E-state index in [1.165, 1.54) is 23.9 Å². The first-order chi connectivity index (χ1) is 16.9. The first-order valence-corrected chi connectivity index (χ1v) is 12.1. The number of carbonyl (C=O) groups is 1. The number of halogens is 1. The second-order valence-corrected chi connectivity index (χ2v) is 9.16. The molecule has 0 radical (unpaired) electrons. The minimum Gasteiger partial charge on any atom is -0.493 e. The molecular formula is C28H27FN2O3S. The fourth-order valence-electron chi connectivity index (χ4n) is 3.90. The van der Waals surface area contributed by atoms with Gasteiger partial charge in [-0.05, 0) is 73.0 Å². The first kappa shape index (κ1) is 24.5. The molecule has 5 nitrogen and oxygen atoms in total. The number of aromatic nitrogens is 1. The smallest absolute Gasteiger partial charge is 0.237 e. The second-order valence-electron chi connectivity index (χ2n) is 8.19. The van der Waals surface area contributed by atoms with E-state index in [1.807, 2.05) is 44.2 Å². The summed E-state index contributed by atoms with van der Waals surface area (Å²) < 4.78 is 24.3. The molecule has 4 rings (SSSR count). The molecule has 7 heteroatoms. The highest BCUT2D eigenvalue weighted by atomic mass is 32.2. The Kier molecular flexibility index (Phi) is 7.56. The fourth-order valence-corrected chi connectivity index (χ4v) is 4.75. The molecule has 0 atom stereocenters. The van der Waals surface area contributed by atoms with Crippen molar-refractivity contribution in [3.8, 4) is 11.5 Å². The zero-order valence-corrected chi connectivity index (χ0v) is 21.0. The Morgan fingerprint density at radius 2 is 1.69 bits per heavy atom. The van der Waals surface area contributed by atoms with Gasteiger partial charge in [0.05, 0.1) is 32.0 Å². The van der Waals surface area contributed by atoms with Gasteiger partial charge >= 0.3 is 0 Å². The monoisotopic (exact) mass is 490 g/mol. The van der Waals surface area contributed by atoms with Gasteiger partial charge in [0.1, 0.15) is 10.8 Å². The van der Waals surface area contributed by atoms with Gasteiger partial charge in [0.15, 0.2) is 11.5 Å². The van der Waals surface area contributed by atoms with E-state index < -0.39 is 0 Å². The van der Waals surface area contributed by atoms with Gasteiger partial charge in [-0.1, -0.05) is 36.0 Å². The van der Waals surface area contributed by atoms with Crippen molar-refractivity contribution in [3.05, 3.63) is 89.2 Å². The first-order valence-electron chi connectivity index (χ1n) is 11.2. The molecule has 4 aromatic rings. The van der Waals surface area contributed by atoms with Crippen LogP contribution in [0.5, 0.6) is 11.5 Å². The summed E-state index contributed by atoms with van der Waals surface area (Å²) >= 11 is 1.41. The summed E-state index contributed by atoms with van der Waals surface area (Å²) in [5, 5.41) is 1.91. The van der Waals surface area contributed by atoms with E-state index in [4.69, 9.17) is 14.5 Å². The topological polar surface area (TPSA) is 51.7 Å². The lowest BCUT2D eigenvalue weighted by atomic mass is 10.1. The number of thioether (sulfide) groups is 1. The van der Waals surface area contributed by atoms with Crippen molar-refractivity contribution in [3.63, 3.8) is 0 Å². The number of carbonyl (C=O) groups excluding carboxylic acids is 1. The second kappa shape index (κ2) is 10.8. The average Bonchev–Trinajstić information content (AvgIpc) is 2.86. The van der Waals surface area contributed by atoms with Crippen LogP contribution in [0.15, 0.2) is 71.8 Å². The summed E-state index contributed by atoms with van der Waals surface area (Å²) in [5.74, 6) is 0.919. The highest BCUT2D eigenvalue weighted by Gasteiger charge is 2.19. The van der Waals surface area contributed by atoms with Crippen LogP contribution in [0, 0.1) is 19.7 Å². The third-order valence-corrected chi connectivity index (χ3v) is 6.83. The minimum absolute atomic E-state index is 0.109. The lowest BCUT2D eigenvalue weighted by Crippen LogP contribution is -2.32. The van der Waals surface area contributed by atoms with Gasteiger partial charge in [-0.3, -0.25) is 4.79 Å². The normalized spacial score (nSPS) is 10.9. The molecule has 0 aliphatic rings. The predicted octanol–water partition coefficient (Wildman–Crippen LogP) is 6.33. The molecule has 35 heavy (non-hydrogen) atoms. The van der Waals surface area contributed by atoms with Gasteiger partial charge in [0.2, 0.25) is 5.91 Å². The van der Waals surface area contributed by atoms with E-state index in [0.717, 1.165) is 32.6 Å². The maximum atomic E-state index is 13.6. The number of ether oxygens (including phenoxy) is 2. The Labute approximate surface area is 208 Å². The maximum Gasteiger partial charge on any atom is 0.237 e. The van der Waals surface area contributed by atoms with Crippen molar-refractivity contribution >= 4 is 34.3 Å². The molecule has 0 spiro atoms. The molecular weight excluding hydrogens is 463 g/mol. The van der Waals surface area contributed by atoms with Crippen LogP contribution in [-0.4, -0.2) is 30.9 Å². The van der Waals surface area contributed by atoms with Crippen molar-refractivity contribution in [1.82, 2.24) is 4.98 Å². The Bertz CT molecular complexity index is 1360. The number of anilines is 1. The molecule has 0 unspecified atom stereocenters. The largest absolute Gasteiger partial charge is 0.493 e. The van der Waals surface area contributed by atoms with Crippen LogP contribution in [0.1, 0.15) is 16.7 Å². The van der Waals surface area contributed by atoms with Crippen LogP contribution >= 0.6 is 11.8 Å². The molecule has 0 aliphatic carbocycles. The van der Waals surface area contributed by atoms with Crippen LogP contribution in [0.2, 0.25) is 0 Å². The number of hydrogen-bond acceptors (Lipinski definition) is 5. The van der Waals surface area contributed by atoms with Gasteiger partial charge in [0.25, 0.3) is 0 Å². The van der Waals surface area contributed by atoms with Crippen LogP contribution in [-0.2, 0) is 11.3 Å². The van der Waals surface area contributed by atoms with E-state index in [-0.39, 0.29) is 17.5 Å². The number of benzene rings is 3. The number of methoxy groups -OCH3 is 2. The molecule has 0 bridgehead atoms. The minimum atomic E-state index is -0.354. The van der Waals surface area contributed by atoms with Gasteiger partial charge in [-0.2, -0.15) is 0 Å². The van der Waals surface area contributed by atoms with Gasteiger partial charge in [0, 0.05) is 11.1 Å². The summed E-state index contributed by atoms with van der Waals surface area (Å²) in [7, 11) is 3.15. The molecule has 0 saturated carbocycles. The number of fused-ring (bicyclic) bond motifs is 1. The Morgan fingerprint density at radius 3 is 2.40 bits per heavy atom. The quantitative estimate of drug-likeness (QED) is 0.270. The van der Waals surface area contributed by atoms with Crippen molar-refractivity contribution < 1.29 is 18.7 Å². The van der Waals surface area contributed by atoms with E-state index in [9.17, 15) is 9.18 Å². The molecule has 180 valence electrons. The average molecular weight is 491 g/mol. The highest BCUT2D eigenvalue weighted by molar-refractivity contribution is 8.00. The Balaban J connectivity index is 1.60. The van der Waals surface area contributed by atoms with Crippen LogP contribution in [0.4, 0.5) is 10.1 Å². The maximum absolute atomic E-state index is 13.6. The van der Waals surface area contributed by atoms with Crippen molar-refractivity contribution in [2.24, 2.45) is 0 Å². The zero-order valence-electron chi connectivity index (χ0n) is 20.2. The van der Waals surface area contributed by atoms with Crippen LogP contribution < -0.4 is 14.4 Å². The molecule has 0 N–H and O–H groups in total. The summed E-state index contributed by atoms with van der Waals surface area (Å²) in [6.45, 7) is 4.33. The number of rotatable bonds is 8. The predicted molar refractivity (Wildman–Crippen MR) is 139 cm³/mol. The standard InChI is InChI=1S/C28H27FN2O3S/c1-18-6-5-7-21-14-19(2)28(30-27(18)21)35-17-26(32)31(23-11-9-22(29)10-12-23)16-20-8-13-24(33-3)25(15-20)34-4/h5-15H,16-17H2,1-4H3. The van der Waals surface area contributed by atoms with E-state index in [0.29, 0.717) is 23.7 Å². The molecule has 1 amide bonds. The van der Waals surface area contributed by atoms with E-state index >= 15 is 0 Å². The molecule has 1 heterocycles. The molecule has 0 aliphatic heterocycles. The van der Waals surface area contributed by atoms with Gasteiger partial charge < -0.3 is 14.4 Å². The van der Waals surface area contributed by atoms with Crippen LogP contribution in [0.3, 0.4) is 0 Å². The van der Waals surface area contributed by atoms with Crippen molar-refractivity contribution in [2.75, 3.05) is 24.9 Å². The van der Waals surface area contributed by atoms with Crippen molar-refractivity contribution in [1.29, 1.82) is 0 Å². The molecule has 1 aromatic heterocycles. The van der Waals surface area contributed by atoms with E-state index in [2.05, 4.69) is 6.07 Å². The summed E-state index contributed by atoms with van der Waals surface area (Å²) in [6.07, 6.45) is 0. The van der Waals surface area contributed by atoms with Gasteiger partial charge in [-0.15, -0.1) is 0 Å². The number of pyridine rings is 1. The Hall–Kier alpha value is -3.58. The molecule has 0 saturated heterocycles. The SMILES string of the molecule is COc1ccc(CN(C(=O)CSc2nc3c(C)cccc3cc2C)c2ccc(F)cc2)cc1OC. The lowest BCUT2D eigenvalue weighted by molar-refractivity contribution is -0.116. The zero-order chi connectivity index (χ0) is 24.9. The number of nitrogens with zero attached hydrogens (tertiary/aromatic N) is 2. The number of amides is 1. The number of aryl methyl sites for hydroxylation is 2. The fraction of sp³-hybridized carbons (Fsp3) is 0.214. The van der Waals surface area contributed by atoms with E-state index in [1.54, 1.807) is 37.3 Å². The summed E-state index contributed by atoms with van der Waals surface area (Å²) in [4.78, 5) is 19.9. The molecule has 0 fully saturated rings. The third-order valence-electron chi connectivity index (χ3n) is 5.75. The van der Waals surface area contributed by atoms with Crippen molar-refractivity contribution in [2.45, 2.75) is 25.4 Å². The summed E-state index contributed by atoms with van der Waals surface area (Å²) in [5.41, 5.74) is 4.53. The number of para-hydroxylation sites is 1.